The van der Waals surface area contributed by atoms with Gasteiger partial charge in [-0.05, 0) is 42.9 Å². The Morgan fingerprint density at radius 3 is 2.88 bits per heavy atom. The molecule has 0 aliphatic heterocycles. The van der Waals surface area contributed by atoms with Gasteiger partial charge in [-0.25, -0.2) is 0 Å². The molecular weight excluding hydrogens is 212 g/mol. The summed E-state index contributed by atoms with van der Waals surface area (Å²) in [5, 5.41) is 10.4. The first kappa shape index (κ1) is 13.1. The zero-order valence-corrected chi connectivity index (χ0v) is 11.2. The largest absolute Gasteiger partial charge is 0.393 e. The molecule has 2 fully saturated rings. The molecule has 2 saturated carbocycles. The van der Waals surface area contributed by atoms with Crippen molar-refractivity contribution in [3.63, 3.8) is 0 Å². The first-order valence-corrected chi connectivity index (χ1v) is 7.24. The van der Waals surface area contributed by atoms with Crippen molar-refractivity contribution < 1.29 is 9.90 Å². The third-order valence-corrected chi connectivity index (χ3v) is 5.04. The molecule has 0 saturated heterocycles. The normalized spacial score (nSPS) is 38.2. The molecule has 0 aromatic carbocycles. The van der Waals surface area contributed by atoms with Crippen molar-refractivity contribution in [3.05, 3.63) is 0 Å². The summed E-state index contributed by atoms with van der Waals surface area (Å²) in [7, 11) is 0. The van der Waals surface area contributed by atoms with E-state index in [1.165, 1.54) is 6.42 Å². The summed E-state index contributed by atoms with van der Waals surface area (Å²) in [5.41, 5.74) is 0.0798. The highest BCUT2D eigenvalue weighted by atomic mass is 16.3. The van der Waals surface area contributed by atoms with Gasteiger partial charge < -0.3 is 5.11 Å². The van der Waals surface area contributed by atoms with Crippen LogP contribution in [0.1, 0.15) is 65.2 Å². The van der Waals surface area contributed by atoms with Crippen LogP contribution >= 0.6 is 0 Å². The second-order valence-electron chi connectivity index (χ2n) is 6.55. The fourth-order valence-electron chi connectivity index (χ4n) is 3.88. The van der Waals surface area contributed by atoms with Crippen LogP contribution in [0.25, 0.3) is 0 Å². The number of aliphatic hydroxyl groups excluding tert-OH is 1. The quantitative estimate of drug-likeness (QED) is 0.819. The van der Waals surface area contributed by atoms with Crippen molar-refractivity contribution in [2.75, 3.05) is 0 Å². The molecule has 2 aliphatic carbocycles. The molecule has 1 N–H and O–H groups in total. The summed E-state index contributed by atoms with van der Waals surface area (Å²) in [4.78, 5) is 11.6. The lowest BCUT2D eigenvalue weighted by Gasteiger charge is -2.50. The molecule has 0 bridgehead atoms. The van der Waals surface area contributed by atoms with Crippen molar-refractivity contribution in [2.24, 2.45) is 17.3 Å². The van der Waals surface area contributed by atoms with E-state index in [9.17, 15) is 9.90 Å². The van der Waals surface area contributed by atoms with Gasteiger partial charge in [0.25, 0.3) is 0 Å². The lowest BCUT2D eigenvalue weighted by Crippen LogP contribution is -2.48. The van der Waals surface area contributed by atoms with E-state index in [1.807, 2.05) is 0 Å². The first-order chi connectivity index (χ1) is 8.04. The highest BCUT2D eigenvalue weighted by Gasteiger charge is 2.49. The lowest BCUT2D eigenvalue weighted by molar-refractivity contribution is -0.135. The van der Waals surface area contributed by atoms with Crippen LogP contribution in [0, 0.1) is 17.3 Å². The molecule has 0 spiro atoms. The van der Waals surface area contributed by atoms with Gasteiger partial charge in [-0.3, -0.25) is 4.79 Å². The summed E-state index contributed by atoms with van der Waals surface area (Å²) in [6, 6.07) is 0. The highest BCUT2D eigenvalue weighted by Crippen LogP contribution is 2.52. The molecule has 3 atom stereocenters. The number of hydrogen-bond acceptors (Lipinski definition) is 2. The highest BCUT2D eigenvalue weighted by molar-refractivity contribution is 5.79. The van der Waals surface area contributed by atoms with E-state index in [0.717, 1.165) is 38.5 Å². The molecule has 2 aliphatic rings. The topological polar surface area (TPSA) is 37.3 Å². The first-order valence-electron chi connectivity index (χ1n) is 7.24. The average Bonchev–Trinajstić information content (AvgIpc) is 2.27. The Morgan fingerprint density at radius 2 is 2.18 bits per heavy atom. The number of rotatable bonds is 3. The van der Waals surface area contributed by atoms with Gasteiger partial charge in [0.2, 0.25) is 0 Å². The Labute approximate surface area is 105 Å². The van der Waals surface area contributed by atoms with Gasteiger partial charge in [-0.15, -0.1) is 0 Å². The van der Waals surface area contributed by atoms with E-state index in [2.05, 4.69) is 13.8 Å². The third-order valence-electron chi connectivity index (χ3n) is 5.04. The number of carbonyl (C=O) groups is 1. The molecule has 17 heavy (non-hydrogen) atoms. The van der Waals surface area contributed by atoms with Gasteiger partial charge in [0.15, 0.2) is 0 Å². The number of ketones is 1. The summed E-state index contributed by atoms with van der Waals surface area (Å²) in [6.07, 6.45) is 7.70. The molecule has 2 heteroatoms. The zero-order valence-electron chi connectivity index (χ0n) is 11.2. The van der Waals surface area contributed by atoms with Crippen LogP contribution in [0.2, 0.25) is 0 Å². The molecule has 0 amide bonds. The second-order valence-corrected chi connectivity index (χ2v) is 6.55. The minimum absolute atomic E-state index is 0.0798. The van der Waals surface area contributed by atoms with Crippen LogP contribution in [0.5, 0.6) is 0 Å². The summed E-state index contributed by atoms with van der Waals surface area (Å²) in [6.45, 7) is 4.49. The molecular formula is C15H26O2. The molecule has 0 radical (unpaired) electrons. The van der Waals surface area contributed by atoms with Crippen LogP contribution in [0.3, 0.4) is 0 Å². The predicted molar refractivity (Wildman–Crippen MR) is 68.7 cm³/mol. The van der Waals surface area contributed by atoms with Crippen molar-refractivity contribution in [1.82, 2.24) is 0 Å². The SMILES string of the molecule is CC(C)CC[C@@]12CCC(=O)C[C@H]1CCC[C@H]2O. The summed E-state index contributed by atoms with van der Waals surface area (Å²) >= 11 is 0. The fraction of sp³-hybridized carbons (Fsp3) is 0.933. The maximum Gasteiger partial charge on any atom is 0.133 e. The minimum atomic E-state index is -0.159. The van der Waals surface area contributed by atoms with Crippen LogP contribution in [-0.2, 0) is 4.79 Å². The molecule has 98 valence electrons. The van der Waals surface area contributed by atoms with E-state index in [-0.39, 0.29) is 11.5 Å². The zero-order chi connectivity index (χ0) is 12.5. The molecule has 0 aromatic rings. The van der Waals surface area contributed by atoms with Crippen LogP contribution in [-0.4, -0.2) is 17.0 Å². The third kappa shape index (κ3) is 2.57. The Morgan fingerprint density at radius 1 is 1.41 bits per heavy atom. The van der Waals surface area contributed by atoms with Crippen molar-refractivity contribution in [2.45, 2.75) is 71.3 Å². The van der Waals surface area contributed by atoms with E-state index in [4.69, 9.17) is 0 Å². The molecule has 2 nitrogen and oxygen atoms in total. The number of carbonyl (C=O) groups excluding carboxylic acids is 1. The standard InChI is InChI=1S/C15H26O2/c1-11(2)6-8-15-9-7-13(16)10-12(15)4-3-5-14(15)17/h11-12,14,17H,3-10H2,1-2H3/t12-,14-,15-/m1/s1. The Balaban J connectivity index is 2.13. The van der Waals surface area contributed by atoms with Gasteiger partial charge in [-0.2, -0.15) is 0 Å². The van der Waals surface area contributed by atoms with E-state index in [0.29, 0.717) is 24.0 Å². The minimum Gasteiger partial charge on any atom is -0.393 e. The van der Waals surface area contributed by atoms with Crippen LogP contribution in [0.15, 0.2) is 0 Å². The Bertz CT molecular complexity index is 285. The van der Waals surface area contributed by atoms with E-state index in [1.54, 1.807) is 0 Å². The predicted octanol–water partition coefficient (Wildman–Crippen LogP) is 3.32. The van der Waals surface area contributed by atoms with Gasteiger partial charge in [0.1, 0.15) is 5.78 Å². The van der Waals surface area contributed by atoms with Crippen molar-refractivity contribution in [3.8, 4) is 0 Å². The molecule has 0 heterocycles. The lowest BCUT2D eigenvalue weighted by atomic mass is 9.55. The van der Waals surface area contributed by atoms with Gasteiger partial charge in [0.05, 0.1) is 6.10 Å². The van der Waals surface area contributed by atoms with Crippen molar-refractivity contribution in [1.29, 1.82) is 0 Å². The Hall–Kier alpha value is -0.370. The smallest absolute Gasteiger partial charge is 0.133 e. The number of aliphatic hydroxyl groups is 1. The molecule has 2 rings (SSSR count). The number of Topliss-reactive ketones (excluding diaryl/α,β-unsaturated/α-hetero) is 1. The van der Waals surface area contributed by atoms with Gasteiger partial charge in [-0.1, -0.05) is 26.7 Å². The average molecular weight is 238 g/mol. The maximum absolute atomic E-state index is 11.6. The summed E-state index contributed by atoms with van der Waals surface area (Å²) in [5.74, 6) is 1.58. The number of fused-ring (bicyclic) bond motifs is 1. The van der Waals surface area contributed by atoms with Gasteiger partial charge >= 0.3 is 0 Å². The Kier molecular flexibility index (Phi) is 3.92. The van der Waals surface area contributed by atoms with Crippen LogP contribution in [0.4, 0.5) is 0 Å². The van der Waals surface area contributed by atoms with Crippen molar-refractivity contribution >= 4 is 5.78 Å². The second kappa shape index (κ2) is 5.09. The fourth-order valence-corrected chi connectivity index (χ4v) is 3.88. The van der Waals surface area contributed by atoms with E-state index >= 15 is 0 Å². The maximum atomic E-state index is 11.6. The van der Waals surface area contributed by atoms with Crippen LogP contribution < -0.4 is 0 Å². The van der Waals surface area contributed by atoms with Gasteiger partial charge in [0, 0.05) is 12.8 Å². The molecule has 0 aromatic heterocycles. The monoisotopic (exact) mass is 238 g/mol. The number of hydrogen-bond donors (Lipinski definition) is 1. The molecule has 0 unspecified atom stereocenters. The summed E-state index contributed by atoms with van der Waals surface area (Å²) < 4.78 is 0. The van der Waals surface area contributed by atoms with E-state index < -0.39 is 0 Å².